The van der Waals surface area contributed by atoms with Gasteiger partial charge >= 0.3 is 0 Å². The summed E-state index contributed by atoms with van der Waals surface area (Å²) in [5, 5.41) is 0. The molecule has 0 N–H and O–H groups in total. The molecule has 4 atom stereocenters. The average Bonchev–Trinajstić information content (AvgIpc) is 2.62. The molecule has 138 valence electrons. The number of allylic oxidation sites excluding steroid dienone is 2. The van der Waals surface area contributed by atoms with Gasteiger partial charge in [-0.05, 0) is 93.3 Å². The SMILES string of the molecule is CCC/C=C/C1CCC2CC(C3CCC(CCC)CC3)CCC2C1. The standard InChI is InChI=1S/C24H42/c1-3-5-6-8-20-11-14-24-18-23(16-15-22(24)17-20)21-12-9-19(7-4-2)10-13-21/h6,8,19-24H,3-5,7,9-18H2,1-2H3/b8-6+. The van der Waals surface area contributed by atoms with Gasteiger partial charge in [0.25, 0.3) is 0 Å². The summed E-state index contributed by atoms with van der Waals surface area (Å²) >= 11 is 0. The summed E-state index contributed by atoms with van der Waals surface area (Å²) in [5.74, 6) is 6.35. The van der Waals surface area contributed by atoms with E-state index in [0.29, 0.717) is 0 Å². The Bertz CT molecular complexity index is 373. The van der Waals surface area contributed by atoms with Crippen LogP contribution in [0.15, 0.2) is 12.2 Å². The van der Waals surface area contributed by atoms with E-state index in [0.717, 1.165) is 35.5 Å². The first-order valence-electron chi connectivity index (χ1n) is 11.5. The molecule has 0 heteroatoms. The number of fused-ring (bicyclic) bond motifs is 1. The number of rotatable bonds is 6. The first-order valence-corrected chi connectivity index (χ1v) is 11.5. The maximum atomic E-state index is 2.57. The van der Waals surface area contributed by atoms with Crippen molar-refractivity contribution in [2.24, 2.45) is 35.5 Å². The Kier molecular flexibility index (Phi) is 7.29. The highest BCUT2D eigenvalue weighted by Crippen LogP contribution is 2.49. The van der Waals surface area contributed by atoms with Gasteiger partial charge in [0.2, 0.25) is 0 Å². The lowest BCUT2D eigenvalue weighted by Crippen LogP contribution is -2.34. The van der Waals surface area contributed by atoms with E-state index < -0.39 is 0 Å². The number of hydrogen-bond donors (Lipinski definition) is 0. The second-order valence-corrected chi connectivity index (χ2v) is 9.45. The van der Waals surface area contributed by atoms with E-state index in [-0.39, 0.29) is 0 Å². The summed E-state index contributed by atoms with van der Waals surface area (Å²) in [6.45, 7) is 4.65. The van der Waals surface area contributed by atoms with Crippen LogP contribution in [0.25, 0.3) is 0 Å². The zero-order valence-corrected chi connectivity index (χ0v) is 16.5. The van der Waals surface area contributed by atoms with Gasteiger partial charge in [0.15, 0.2) is 0 Å². The monoisotopic (exact) mass is 330 g/mol. The van der Waals surface area contributed by atoms with Crippen LogP contribution in [0.2, 0.25) is 0 Å². The fourth-order valence-corrected chi connectivity index (χ4v) is 6.38. The van der Waals surface area contributed by atoms with E-state index in [1.165, 1.54) is 44.9 Å². The molecule has 0 amide bonds. The molecule has 3 aliphatic rings. The molecule has 24 heavy (non-hydrogen) atoms. The number of unbranched alkanes of at least 4 members (excludes halogenated alkanes) is 1. The minimum Gasteiger partial charge on any atom is -0.0883 e. The van der Waals surface area contributed by atoms with Gasteiger partial charge in [-0.1, -0.05) is 58.1 Å². The van der Waals surface area contributed by atoms with Gasteiger partial charge in [0.1, 0.15) is 0 Å². The van der Waals surface area contributed by atoms with Gasteiger partial charge in [0.05, 0.1) is 0 Å². The van der Waals surface area contributed by atoms with Gasteiger partial charge < -0.3 is 0 Å². The van der Waals surface area contributed by atoms with Crippen LogP contribution in [0.3, 0.4) is 0 Å². The molecule has 0 spiro atoms. The topological polar surface area (TPSA) is 0 Å². The molecule has 0 aromatic carbocycles. The molecule has 0 saturated heterocycles. The predicted octanol–water partition coefficient (Wildman–Crippen LogP) is 7.78. The molecule has 4 unspecified atom stereocenters. The Balaban J connectivity index is 1.43. The van der Waals surface area contributed by atoms with Crippen molar-refractivity contribution in [2.75, 3.05) is 0 Å². The van der Waals surface area contributed by atoms with E-state index in [9.17, 15) is 0 Å². The molecule has 3 fully saturated rings. The molecular formula is C24H42. The summed E-state index contributed by atoms with van der Waals surface area (Å²) < 4.78 is 0. The Morgan fingerprint density at radius 3 is 2.00 bits per heavy atom. The summed E-state index contributed by atoms with van der Waals surface area (Å²) in [6.07, 6.45) is 26.0. The smallest absolute Gasteiger partial charge is 0.0231 e. The molecule has 0 nitrogen and oxygen atoms in total. The Morgan fingerprint density at radius 1 is 0.667 bits per heavy atom. The predicted molar refractivity (Wildman–Crippen MR) is 106 cm³/mol. The van der Waals surface area contributed by atoms with Crippen LogP contribution in [-0.2, 0) is 0 Å². The zero-order valence-electron chi connectivity index (χ0n) is 16.5. The van der Waals surface area contributed by atoms with Crippen LogP contribution in [0.1, 0.15) is 104 Å². The molecule has 3 aliphatic carbocycles. The van der Waals surface area contributed by atoms with E-state index in [1.807, 2.05) is 0 Å². The highest BCUT2D eigenvalue weighted by molar-refractivity contribution is 4.96. The lowest BCUT2D eigenvalue weighted by Gasteiger charge is -2.45. The summed E-state index contributed by atoms with van der Waals surface area (Å²) in [6, 6.07) is 0. The second-order valence-electron chi connectivity index (χ2n) is 9.45. The van der Waals surface area contributed by atoms with E-state index in [4.69, 9.17) is 0 Å². The Labute approximate surface area is 151 Å². The van der Waals surface area contributed by atoms with Gasteiger partial charge in [-0.25, -0.2) is 0 Å². The van der Waals surface area contributed by atoms with Crippen molar-refractivity contribution >= 4 is 0 Å². The molecule has 0 aliphatic heterocycles. The third-order valence-corrected chi connectivity index (χ3v) is 7.81. The van der Waals surface area contributed by atoms with Crippen molar-refractivity contribution in [1.29, 1.82) is 0 Å². The molecule has 0 radical (unpaired) electrons. The van der Waals surface area contributed by atoms with Crippen molar-refractivity contribution in [1.82, 2.24) is 0 Å². The molecule has 0 aromatic rings. The lowest BCUT2D eigenvalue weighted by molar-refractivity contribution is 0.0671. The summed E-state index contributed by atoms with van der Waals surface area (Å²) in [4.78, 5) is 0. The van der Waals surface area contributed by atoms with Crippen LogP contribution in [0.5, 0.6) is 0 Å². The third-order valence-electron chi connectivity index (χ3n) is 7.81. The molecule has 3 rings (SSSR count). The highest BCUT2D eigenvalue weighted by atomic mass is 14.4. The van der Waals surface area contributed by atoms with Crippen molar-refractivity contribution < 1.29 is 0 Å². The highest BCUT2D eigenvalue weighted by Gasteiger charge is 2.38. The minimum atomic E-state index is 0.916. The van der Waals surface area contributed by atoms with Crippen LogP contribution in [0.4, 0.5) is 0 Å². The van der Waals surface area contributed by atoms with Crippen LogP contribution >= 0.6 is 0 Å². The molecule has 0 aromatic heterocycles. The zero-order chi connectivity index (χ0) is 16.8. The van der Waals surface area contributed by atoms with Crippen molar-refractivity contribution in [3.8, 4) is 0 Å². The van der Waals surface area contributed by atoms with Crippen molar-refractivity contribution in [2.45, 2.75) is 104 Å². The van der Waals surface area contributed by atoms with Crippen LogP contribution in [-0.4, -0.2) is 0 Å². The Morgan fingerprint density at radius 2 is 1.29 bits per heavy atom. The van der Waals surface area contributed by atoms with Crippen LogP contribution in [0, 0.1) is 35.5 Å². The number of hydrogen-bond acceptors (Lipinski definition) is 0. The summed E-state index contributed by atoms with van der Waals surface area (Å²) in [5.41, 5.74) is 0. The first-order chi connectivity index (χ1) is 11.8. The average molecular weight is 331 g/mol. The van der Waals surface area contributed by atoms with E-state index in [2.05, 4.69) is 26.0 Å². The molecule has 3 saturated carbocycles. The molecule has 0 heterocycles. The van der Waals surface area contributed by atoms with Gasteiger partial charge in [-0.3, -0.25) is 0 Å². The quantitative estimate of drug-likeness (QED) is 0.436. The third kappa shape index (κ3) is 4.89. The maximum absolute atomic E-state index is 2.57. The van der Waals surface area contributed by atoms with Gasteiger partial charge in [-0.2, -0.15) is 0 Å². The van der Waals surface area contributed by atoms with E-state index in [1.54, 1.807) is 44.9 Å². The van der Waals surface area contributed by atoms with E-state index >= 15 is 0 Å². The molecular weight excluding hydrogens is 288 g/mol. The van der Waals surface area contributed by atoms with Crippen molar-refractivity contribution in [3.05, 3.63) is 12.2 Å². The van der Waals surface area contributed by atoms with Gasteiger partial charge in [0, 0.05) is 0 Å². The first kappa shape index (κ1) is 18.5. The summed E-state index contributed by atoms with van der Waals surface area (Å²) in [7, 11) is 0. The van der Waals surface area contributed by atoms with Gasteiger partial charge in [-0.15, -0.1) is 0 Å². The fourth-order valence-electron chi connectivity index (χ4n) is 6.38. The largest absolute Gasteiger partial charge is 0.0883 e. The lowest BCUT2D eigenvalue weighted by atomic mass is 9.61. The van der Waals surface area contributed by atoms with Crippen LogP contribution < -0.4 is 0 Å². The fraction of sp³-hybridized carbons (Fsp3) is 0.917. The normalized spacial score (nSPS) is 40.6. The van der Waals surface area contributed by atoms with Crippen molar-refractivity contribution in [3.63, 3.8) is 0 Å². The molecule has 0 bridgehead atoms. The maximum Gasteiger partial charge on any atom is -0.0231 e. The second kappa shape index (κ2) is 9.44. The Hall–Kier alpha value is -0.260. The minimum absolute atomic E-state index is 0.916.